The number of aryl methyl sites for hydroxylation is 1. The molecule has 0 radical (unpaired) electrons. The number of benzene rings is 1. The van der Waals surface area contributed by atoms with E-state index < -0.39 is 29.9 Å². The van der Waals surface area contributed by atoms with Gasteiger partial charge in [-0.2, -0.15) is 0 Å². The summed E-state index contributed by atoms with van der Waals surface area (Å²) in [6.07, 6.45) is 0.00474. The molecule has 1 aromatic rings. The first-order valence-electron chi connectivity index (χ1n) is 7.30. The second kappa shape index (κ2) is 7.65. The van der Waals surface area contributed by atoms with Gasteiger partial charge in [-0.15, -0.1) is 0 Å². The Bertz CT molecular complexity index is 727. The highest BCUT2D eigenvalue weighted by Gasteiger charge is 2.27. The zero-order valence-corrected chi connectivity index (χ0v) is 13.9. The lowest BCUT2D eigenvalue weighted by Gasteiger charge is -2.11. The third kappa shape index (κ3) is 4.25. The Hall–Kier alpha value is -3.10. The van der Waals surface area contributed by atoms with Crippen molar-refractivity contribution in [2.45, 2.75) is 19.4 Å². The van der Waals surface area contributed by atoms with E-state index >= 15 is 0 Å². The largest absolute Gasteiger partial charge is 0.486 e. The van der Waals surface area contributed by atoms with Crippen molar-refractivity contribution in [3.8, 4) is 5.75 Å². The molecule has 2 rings (SSSR count). The minimum absolute atomic E-state index is 0.120. The summed E-state index contributed by atoms with van der Waals surface area (Å²) in [5.41, 5.74) is 1.99. The van der Waals surface area contributed by atoms with Crippen LogP contribution in [0.15, 0.2) is 12.1 Å². The maximum atomic E-state index is 11.6. The molecule has 1 N–H and O–H groups in total. The van der Waals surface area contributed by atoms with Crippen molar-refractivity contribution < 1.29 is 38.1 Å². The fraction of sp³-hybridized carbons (Fsp3) is 0.375. The minimum atomic E-state index is -1.09. The second-order valence-electron chi connectivity index (χ2n) is 5.25. The Balaban J connectivity index is 2.01. The number of carbonyl (C=O) groups is 4. The van der Waals surface area contributed by atoms with Crippen LogP contribution >= 0.6 is 0 Å². The number of amides is 1. The molecule has 25 heavy (non-hydrogen) atoms. The molecule has 9 heteroatoms. The second-order valence-corrected chi connectivity index (χ2v) is 5.25. The van der Waals surface area contributed by atoms with E-state index in [-0.39, 0.29) is 6.61 Å². The minimum Gasteiger partial charge on any atom is -0.486 e. The van der Waals surface area contributed by atoms with Crippen LogP contribution in [-0.4, -0.2) is 50.7 Å². The molecule has 1 aliphatic heterocycles. The zero-order chi connectivity index (χ0) is 18.6. The third-order valence-corrected chi connectivity index (χ3v) is 3.52. The first-order chi connectivity index (χ1) is 11.8. The molecule has 9 nitrogen and oxygen atoms in total. The van der Waals surface area contributed by atoms with Crippen LogP contribution in [0.1, 0.15) is 11.1 Å². The predicted octanol–water partition coefficient (Wildman–Crippen LogP) is 0.126. The van der Waals surface area contributed by atoms with Crippen molar-refractivity contribution in [3.63, 3.8) is 0 Å². The molecule has 0 fully saturated rings. The van der Waals surface area contributed by atoms with E-state index in [9.17, 15) is 19.2 Å². The molecule has 0 aliphatic carbocycles. The highest BCUT2D eigenvalue weighted by molar-refractivity contribution is 6.37. The number of methoxy groups -OCH3 is 2. The maximum Gasteiger partial charge on any atom is 0.417 e. The van der Waals surface area contributed by atoms with E-state index in [1.807, 2.05) is 0 Å². The molecular weight excluding hydrogens is 334 g/mol. The number of rotatable bonds is 3. The summed E-state index contributed by atoms with van der Waals surface area (Å²) < 4.78 is 19.1. The van der Waals surface area contributed by atoms with E-state index in [0.717, 1.165) is 25.3 Å². The molecule has 1 aliphatic rings. The smallest absolute Gasteiger partial charge is 0.417 e. The summed E-state index contributed by atoms with van der Waals surface area (Å²) in [7, 11) is 2.19. The normalized spacial score (nSPS) is 14.8. The Morgan fingerprint density at radius 3 is 2.44 bits per heavy atom. The molecule has 1 heterocycles. The van der Waals surface area contributed by atoms with Crippen LogP contribution in [-0.2, 0) is 39.8 Å². The van der Waals surface area contributed by atoms with Crippen molar-refractivity contribution in [1.29, 1.82) is 0 Å². The SMILES string of the molecule is COC(=O)C(=O)Nc1cc2c(cc1C)CC(COC(=O)C(=O)OC)O2. The predicted molar refractivity (Wildman–Crippen MR) is 82.9 cm³/mol. The van der Waals surface area contributed by atoms with Gasteiger partial charge in [-0.1, -0.05) is 6.07 Å². The average Bonchev–Trinajstić information content (AvgIpc) is 2.99. The van der Waals surface area contributed by atoms with E-state index in [1.165, 1.54) is 0 Å². The Morgan fingerprint density at radius 1 is 1.12 bits per heavy atom. The van der Waals surface area contributed by atoms with Crippen molar-refractivity contribution in [2.75, 3.05) is 26.1 Å². The first-order valence-corrected chi connectivity index (χ1v) is 7.30. The summed E-state index contributed by atoms with van der Waals surface area (Å²) in [5, 5.41) is 2.44. The maximum absolute atomic E-state index is 11.6. The van der Waals surface area contributed by atoms with Gasteiger partial charge in [-0.3, -0.25) is 4.79 Å². The summed E-state index contributed by atoms with van der Waals surface area (Å²) in [6.45, 7) is 1.64. The topological polar surface area (TPSA) is 117 Å². The van der Waals surface area contributed by atoms with Gasteiger partial charge in [0.25, 0.3) is 0 Å². The van der Waals surface area contributed by atoms with E-state index in [2.05, 4.69) is 14.8 Å². The quantitative estimate of drug-likeness (QED) is 0.464. The molecule has 1 amide bonds. The van der Waals surface area contributed by atoms with Gasteiger partial charge in [0, 0.05) is 18.2 Å². The molecule has 0 aromatic heterocycles. The number of fused-ring (bicyclic) bond motifs is 1. The van der Waals surface area contributed by atoms with Gasteiger partial charge in [0.05, 0.1) is 14.2 Å². The van der Waals surface area contributed by atoms with Crippen LogP contribution in [0.2, 0.25) is 0 Å². The molecule has 0 bridgehead atoms. The molecule has 1 atom stereocenters. The van der Waals surface area contributed by atoms with Crippen LogP contribution in [0.3, 0.4) is 0 Å². The highest BCUT2D eigenvalue weighted by Crippen LogP contribution is 2.34. The zero-order valence-electron chi connectivity index (χ0n) is 13.9. The number of nitrogens with one attached hydrogen (secondary N) is 1. The molecule has 0 saturated heterocycles. The van der Waals surface area contributed by atoms with Crippen molar-refractivity contribution in [3.05, 3.63) is 23.3 Å². The first kappa shape index (κ1) is 18.2. The standard InChI is InChI=1S/C16H17NO8/c1-8-4-9-5-10(7-24-16(21)15(20)23-3)25-12(9)6-11(8)17-13(18)14(19)22-2/h4,6,10H,5,7H2,1-3H3,(H,17,18). The third-order valence-electron chi connectivity index (χ3n) is 3.52. The molecule has 0 saturated carbocycles. The highest BCUT2D eigenvalue weighted by atomic mass is 16.6. The molecule has 1 aromatic carbocycles. The lowest BCUT2D eigenvalue weighted by molar-refractivity contribution is -0.167. The van der Waals surface area contributed by atoms with Gasteiger partial charge < -0.3 is 24.3 Å². The fourth-order valence-corrected chi connectivity index (χ4v) is 2.29. The Kier molecular flexibility index (Phi) is 5.58. The number of esters is 3. The van der Waals surface area contributed by atoms with Gasteiger partial charge in [0.15, 0.2) is 0 Å². The van der Waals surface area contributed by atoms with Gasteiger partial charge in [-0.05, 0) is 18.1 Å². The Morgan fingerprint density at radius 2 is 1.80 bits per heavy atom. The molecule has 0 spiro atoms. The monoisotopic (exact) mass is 351 g/mol. The van der Waals surface area contributed by atoms with Gasteiger partial charge in [-0.25, -0.2) is 14.4 Å². The Labute approximate surface area is 143 Å². The number of hydrogen-bond donors (Lipinski definition) is 1. The van der Waals surface area contributed by atoms with Crippen molar-refractivity contribution in [1.82, 2.24) is 0 Å². The number of hydrogen-bond acceptors (Lipinski definition) is 8. The molecular formula is C16H17NO8. The number of anilines is 1. The van der Waals surface area contributed by atoms with Crippen LogP contribution in [0, 0.1) is 6.92 Å². The van der Waals surface area contributed by atoms with Gasteiger partial charge >= 0.3 is 23.8 Å². The fourth-order valence-electron chi connectivity index (χ4n) is 2.29. The summed E-state index contributed by atoms with van der Waals surface area (Å²) in [6, 6.07) is 3.37. The van der Waals surface area contributed by atoms with Crippen LogP contribution < -0.4 is 10.1 Å². The van der Waals surface area contributed by atoms with E-state index in [4.69, 9.17) is 9.47 Å². The van der Waals surface area contributed by atoms with Crippen LogP contribution in [0.4, 0.5) is 5.69 Å². The van der Waals surface area contributed by atoms with Crippen LogP contribution in [0.25, 0.3) is 0 Å². The summed E-state index contributed by atoms with van der Waals surface area (Å²) >= 11 is 0. The number of carbonyl (C=O) groups excluding carboxylic acids is 4. The lowest BCUT2D eigenvalue weighted by Crippen LogP contribution is -2.27. The number of ether oxygens (including phenoxy) is 4. The van der Waals surface area contributed by atoms with E-state index in [0.29, 0.717) is 17.9 Å². The summed E-state index contributed by atoms with van der Waals surface area (Å²) in [5.74, 6) is -3.59. The van der Waals surface area contributed by atoms with Gasteiger partial charge in [0.2, 0.25) is 0 Å². The molecule has 134 valence electrons. The van der Waals surface area contributed by atoms with Crippen LogP contribution in [0.5, 0.6) is 5.75 Å². The summed E-state index contributed by atoms with van der Waals surface area (Å²) in [4.78, 5) is 45.1. The lowest BCUT2D eigenvalue weighted by atomic mass is 10.1. The van der Waals surface area contributed by atoms with E-state index in [1.54, 1.807) is 19.1 Å². The van der Waals surface area contributed by atoms with Crippen molar-refractivity contribution in [2.24, 2.45) is 0 Å². The molecule has 1 unspecified atom stereocenters. The van der Waals surface area contributed by atoms with Crippen molar-refractivity contribution >= 4 is 29.5 Å². The van der Waals surface area contributed by atoms with Gasteiger partial charge in [0.1, 0.15) is 18.5 Å². The average molecular weight is 351 g/mol.